The quantitative estimate of drug-likeness (QED) is 0.383. The third kappa shape index (κ3) is 4.96. The molecule has 0 saturated carbocycles. The van der Waals surface area contributed by atoms with Crippen molar-refractivity contribution in [2.24, 2.45) is 0 Å². The van der Waals surface area contributed by atoms with E-state index in [4.69, 9.17) is 16.6 Å². The van der Waals surface area contributed by atoms with Gasteiger partial charge in [-0.05, 0) is 49.5 Å². The van der Waals surface area contributed by atoms with Gasteiger partial charge >= 0.3 is 0 Å². The van der Waals surface area contributed by atoms with Crippen LogP contribution in [0, 0.1) is 6.92 Å². The number of thiocarbonyl (C=S) groups is 1. The molecule has 0 aliphatic rings. The second-order valence-electron chi connectivity index (χ2n) is 4.70. The molecule has 0 saturated heterocycles. The Morgan fingerprint density at radius 1 is 1.17 bits per heavy atom. The lowest BCUT2D eigenvalue weighted by Gasteiger charge is -2.10. The number of nitrogens with one attached hydrogen (secondary N) is 3. The Labute approximate surface area is 143 Å². The first-order chi connectivity index (χ1) is 11.5. The molecule has 0 spiro atoms. The molecule has 0 fully saturated rings. The number of carbonyl (C=O) groups is 2. The number of furan rings is 1. The standard InChI is InChI=1S/C16H15N3O4S/c1-10-6-7-11(23-10)8-9-14(21)17-16(24)19-18-15(22)12-4-2-3-5-13(12)20/h2-9,20H,1H3,(H,18,22)(H2,17,19,21,24)/b9-8+. The number of phenols is 1. The van der Waals surface area contributed by atoms with Gasteiger partial charge in [-0.1, -0.05) is 12.1 Å². The molecular formula is C16H15N3O4S. The van der Waals surface area contributed by atoms with Crippen LogP contribution in [0.2, 0.25) is 0 Å². The molecule has 2 amide bonds. The van der Waals surface area contributed by atoms with E-state index in [0.29, 0.717) is 5.76 Å². The molecule has 0 aliphatic heterocycles. The monoisotopic (exact) mass is 345 g/mol. The minimum absolute atomic E-state index is 0.0761. The van der Waals surface area contributed by atoms with Gasteiger partial charge in [0.05, 0.1) is 5.56 Å². The highest BCUT2D eigenvalue weighted by Gasteiger charge is 2.10. The molecule has 0 unspecified atom stereocenters. The van der Waals surface area contributed by atoms with Gasteiger partial charge in [0.2, 0.25) is 5.91 Å². The van der Waals surface area contributed by atoms with Gasteiger partial charge in [0.25, 0.3) is 5.91 Å². The van der Waals surface area contributed by atoms with Crippen LogP contribution in [0.1, 0.15) is 21.9 Å². The van der Waals surface area contributed by atoms with Crippen LogP contribution in [0.4, 0.5) is 0 Å². The van der Waals surface area contributed by atoms with Crippen LogP contribution in [0.5, 0.6) is 5.75 Å². The Bertz CT molecular complexity index is 798. The first-order valence-corrected chi connectivity index (χ1v) is 7.30. The number of phenolic OH excluding ortho intramolecular Hbond substituents is 1. The SMILES string of the molecule is Cc1ccc(/C=C/C(=O)NC(=S)NNC(=O)c2ccccc2O)o1. The normalized spacial score (nSPS) is 10.4. The van der Waals surface area contributed by atoms with E-state index in [2.05, 4.69) is 16.2 Å². The third-order valence-electron chi connectivity index (χ3n) is 2.84. The van der Waals surface area contributed by atoms with E-state index >= 15 is 0 Å². The Balaban J connectivity index is 1.80. The first-order valence-electron chi connectivity index (χ1n) is 6.89. The molecule has 4 N–H and O–H groups in total. The topological polar surface area (TPSA) is 104 Å². The molecule has 7 nitrogen and oxygen atoms in total. The van der Waals surface area contributed by atoms with Crippen molar-refractivity contribution in [3.63, 3.8) is 0 Å². The summed E-state index contributed by atoms with van der Waals surface area (Å²) in [7, 11) is 0. The number of hydrogen-bond acceptors (Lipinski definition) is 5. The van der Waals surface area contributed by atoms with Crippen molar-refractivity contribution < 1.29 is 19.1 Å². The molecule has 124 valence electrons. The van der Waals surface area contributed by atoms with Crippen LogP contribution in [0.15, 0.2) is 46.9 Å². The molecule has 1 aromatic heterocycles. The van der Waals surface area contributed by atoms with Crippen LogP contribution in [-0.2, 0) is 4.79 Å². The summed E-state index contributed by atoms with van der Waals surface area (Å²) in [4.78, 5) is 23.5. The van der Waals surface area contributed by atoms with Crippen LogP contribution in [0.25, 0.3) is 6.08 Å². The average Bonchev–Trinajstić information content (AvgIpc) is 2.96. The minimum atomic E-state index is -0.591. The summed E-state index contributed by atoms with van der Waals surface area (Å²) in [6.45, 7) is 1.80. The van der Waals surface area contributed by atoms with E-state index in [1.54, 1.807) is 31.2 Å². The summed E-state index contributed by atoms with van der Waals surface area (Å²) in [6, 6.07) is 9.53. The highest BCUT2D eigenvalue weighted by Crippen LogP contribution is 2.14. The van der Waals surface area contributed by atoms with Gasteiger partial charge in [-0.3, -0.25) is 25.8 Å². The zero-order valence-electron chi connectivity index (χ0n) is 12.7. The zero-order chi connectivity index (χ0) is 17.5. The van der Waals surface area contributed by atoms with Crippen LogP contribution < -0.4 is 16.2 Å². The number of aromatic hydroxyl groups is 1. The molecule has 0 radical (unpaired) electrons. The van der Waals surface area contributed by atoms with Crippen molar-refractivity contribution in [3.8, 4) is 5.75 Å². The fourth-order valence-corrected chi connectivity index (χ4v) is 1.88. The Morgan fingerprint density at radius 2 is 1.92 bits per heavy atom. The van der Waals surface area contributed by atoms with Gasteiger partial charge in [-0.15, -0.1) is 0 Å². The smallest absolute Gasteiger partial charge is 0.273 e. The number of carbonyl (C=O) groups excluding carboxylic acids is 2. The number of hydrogen-bond donors (Lipinski definition) is 4. The Kier molecular flexibility index (Phi) is 5.69. The fourth-order valence-electron chi connectivity index (χ4n) is 1.73. The number of hydrazine groups is 1. The number of amides is 2. The number of benzene rings is 1. The predicted octanol–water partition coefficient (Wildman–Crippen LogP) is 1.64. The van der Waals surface area contributed by atoms with Gasteiger partial charge in [-0.25, -0.2) is 0 Å². The van der Waals surface area contributed by atoms with Crippen molar-refractivity contribution in [3.05, 3.63) is 59.6 Å². The van der Waals surface area contributed by atoms with E-state index in [0.717, 1.165) is 5.76 Å². The Morgan fingerprint density at radius 3 is 2.58 bits per heavy atom. The Hall–Kier alpha value is -3.13. The number of aryl methyl sites for hydroxylation is 1. The second kappa shape index (κ2) is 7.93. The van der Waals surface area contributed by atoms with E-state index in [9.17, 15) is 14.7 Å². The van der Waals surface area contributed by atoms with E-state index in [1.807, 2.05) is 0 Å². The third-order valence-corrected chi connectivity index (χ3v) is 3.04. The second-order valence-corrected chi connectivity index (χ2v) is 5.10. The van der Waals surface area contributed by atoms with Gasteiger partial charge in [0.15, 0.2) is 5.11 Å². The van der Waals surface area contributed by atoms with E-state index in [-0.39, 0.29) is 16.4 Å². The van der Waals surface area contributed by atoms with Crippen molar-refractivity contribution in [2.45, 2.75) is 6.92 Å². The van der Waals surface area contributed by atoms with Crippen LogP contribution in [-0.4, -0.2) is 22.0 Å². The number of rotatable bonds is 3. The molecule has 2 rings (SSSR count). The maximum atomic E-state index is 11.8. The highest BCUT2D eigenvalue weighted by atomic mass is 32.1. The summed E-state index contributed by atoms with van der Waals surface area (Å²) in [6.07, 6.45) is 2.74. The van der Waals surface area contributed by atoms with Gasteiger partial charge in [0.1, 0.15) is 17.3 Å². The van der Waals surface area contributed by atoms with Crippen molar-refractivity contribution in [1.29, 1.82) is 0 Å². The number of para-hydroxylation sites is 1. The predicted molar refractivity (Wildman–Crippen MR) is 91.9 cm³/mol. The molecule has 24 heavy (non-hydrogen) atoms. The lowest BCUT2D eigenvalue weighted by Crippen LogP contribution is -2.48. The molecule has 8 heteroatoms. The first kappa shape index (κ1) is 17.2. The molecular weight excluding hydrogens is 330 g/mol. The molecule has 0 atom stereocenters. The summed E-state index contributed by atoms with van der Waals surface area (Å²) in [5, 5.41) is 11.8. The van der Waals surface area contributed by atoms with Crippen LogP contribution in [0.3, 0.4) is 0 Å². The molecule has 0 aliphatic carbocycles. The highest BCUT2D eigenvalue weighted by molar-refractivity contribution is 7.80. The van der Waals surface area contributed by atoms with Crippen LogP contribution >= 0.6 is 12.2 Å². The molecule has 2 aromatic rings. The van der Waals surface area contributed by atoms with Gasteiger partial charge in [0, 0.05) is 6.08 Å². The summed E-state index contributed by atoms with van der Waals surface area (Å²) in [5.41, 5.74) is 4.72. The summed E-state index contributed by atoms with van der Waals surface area (Å²) in [5.74, 6) is 0.0293. The zero-order valence-corrected chi connectivity index (χ0v) is 13.5. The fraction of sp³-hybridized carbons (Fsp3) is 0.0625. The van der Waals surface area contributed by atoms with E-state index < -0.39 is 11.8 Å². The van der Waals surface area contributed by atoms with Crippen molar-refractivity contribution in [1.82, 2.24) is 16.2 Å². The minimum Gasteiger partial charge on any atom is -0.507 e. The van der Waals surface area contributed by atoms with Gasteiger partial charge < -0.3 is 9.52 Å². The molecule has 0 bridgehead atoms. The molecule has 1 heterocycles. The largest absolute Gasteiger partial charge is 0.507 e. The maximum Gasteiger partial charge on any atom is 0.273 e. The average molecular weight is 345 g/mol. The summed E-state index contributed by atoms with van der Waals surface area (Å²) < 4.78 is 5.28. The van der Waals surface area contributed by atoms with Crippen molar-refractivity contribution in [2.75, 3.05) is 0 Å². The molecule has 1 aromatic carbocycles. The lowest BCUT2D eigenvalue weighted by atomic mass is 10.2. The summed E-state index contributed by atoms with van der Waals surface area (Å²) >= 11 is 4.89. The van der Waals surface area contributed by atoms with E-state index in [1.165, 1.54) is 24.3 Å². The lowest BCUT2D eigenvalue weighted by molar-refractivity contribution is -0.115. The maximum absolute atomic E-state index is 11.8. The van der Waals surface area contributed by atoms with Gasteiger partial charge in [-0.2, -0.15) is 0 Å². The van der Waals surface area contributed by atoms with Crippen molar-refractivity contribution >= 4 is 35.2 Å².